The van der Waals surface area contributed by atoms with Crippen LogP contribution in [0.1, 0.15) is 42.9 Å². The Morgan fingerprint density at radius 1 is 0.970 bits per heavy atom. The number of hydrazone groups is 1. The SMILES string of the molecule is O=C(CN1C(=O)c2ccccc2C1=O)OCC(=O)N1N=C(c2cccs2)CC1c1cccs1. The molecule has 8 nitrogen and oxygen atoms in total. The predicted molar refractivity (Wildman–Crippen MR) is 122 cm³/mol. The number of carbonyl (C=O) groups is 4. The van der Waals surface area contributed by atoms with E-state index in [1.807, 2.05) is 35.0 Å². The van der Waals surface area contributed by atoms with E-state index in [0.717, 1.165) is 20.4 Å². The average molecular weight is 480 g/mol. The van der Waals surface area contributed by atoms with Crippen LogP contribution < -0.4 is 0 Å². The highest BCUT2D eigenvalue weighted by atomic mass is 32.1. The fourth-order valence-electron chi connectivity index (χ4n) is 3.80. The molecule has 0 bridgehead atoms. The lowest BCUT2D eigenvalue weighted by Gasteiger charge is -2.20. The molecule has 0 N–H and O–H groups in total. The third-order valence-electron chi connectivity index (χ3n) is 5.37. The number of hydrogen-bond donors (Lipinski definition) is 0. The summed E-state index contributed by atoms with van der Waals surface area (Å²) in [5.41, 5.74) is 1.30. The van der Waals surface area contributed by atoms with Gasteiger partial charge in [-0.3, -0.25) is 24.1 Å². The number of benzene rings is 1. The molecule has 0 saturated heterocycles. The van der Waals surface area contributed by atoms with Gasteiger partial charge in [0.2, 0.25) is 0 Å². The molecule has 2 aliphatic heterocycles. The van der Waals surface area contributed by atoms with Gasteiger partial charge in [0, 0.05) is 11.3 Å². The number of carbonyl (C=O) groups excluding carboxylic acids is 4. The van der Waals surface area contributed by atoms with Gasteiger partial charge in [-0.2, -0.15) is 5.10 Å². The highest BCUT2D eigenvalue weighted by Crippen LogP contribution is 2.36. The second-order valence-corrected chi connectivity index (χ2v) is 9.33. The summed E-state index contributed by atoms with van der Waals surface area (Å²) in [4.78, 5) is 52.9. The maximum Gasteiger partial charge on any atom is 0.326 e. The molecule has 0 spiro atoms. The van der Waals surface area contributed by atoms with Crippen molar-refractivity contribution >= 4 is 52.1 Å². The van der Waals surface area contributed by atoms with E-state index in [2.05, 4.69) is 5.10 Å². The molecule has 10 heteroatoms. The number of imide groups is 1. The van der Waals surface area contributed by atoms with E-state index in [4.69, 9.17) is 4.74 Å². The molecule has 3 aromatic rings. The lowest BCUT2D eigenvalue weighted by atomic mass is 10.1. The molecule has 0 aliphatic carbocycles. The number of rotatable bonds is 6. The predicted octanol–water partition coefficient (Wildman–Crippen LogP) is 3.33. The zero-order chi connectivity index (χ0) is 22.9. The molecule has 1 atom stereocenters. The van der Waals surface area contributed by atoms with Crippen molar-refractivity contribution in [3.63, 3.8) is 0 Å². The van der Waals surface area contributed by atoms with Gasteiger partial charge in [-0.15, -0.1) is 22.7 Å². The van der Waals surface area contributed by atoms with Crippen LogP contribution in [0.5, 0.6) is 0 Å². The van der Waals surface area contributed by atoms with E-state index in [0.29, 0.717) is 6.42 Å². The van der Waals surface area contributed by atoms with Crippen LogP contribution in [0.25, 0.3) is 0 Å². The minimum absolute atomic E-state index is 0.248. The Hall–Kier alpha value is -3.63. The van der Waals surface area contributed by atoms with Crippen molar-refractivity contribution in [1.29, 1.82) is 0 Å². The van der Waals surface area contributed by atoms with Crippen LogP contribution in [0, 0.1) is 0 Å². The van der Waals surface area contributed by atoms with Gasteiger partial charge in [0.1, 0.15) is 6.54 Å². The molecular weight excluding hydrogens is 462 g/mol. The number of ether oxygens (including phenoxy) is 1. The van der Waals surface area contributed by atoms with E-state index in [1.165, 1.54) is 28.5 Å². The number of fused-ring (bicyclic) bond motifs is 1. The minimum Gasteiger partial charge on any atom is -0.454 e. The first-order valence-corrected chi connectivity index (χ1v) is 11.9. The first kappa shape index (κ1) is 21.2. The Bertz CT molecular complexity index is 1230. The number of thiophene rings is 2. The Kier molecular flexibility index (Phi) is 5.61. The van der Waals surface area contributed by atoms with Crippen molar-refractivity contribution in [2.24, 2.45) is 5.10 Å². The molecule has 3 amide bonds. The molecule has 2 aromatic heterocycles. The summed E-state index contributed by atoms with van der Waals surface area (Å²) in [7, 11) is 0. The second-order valence-electron chi connectivity index (χ2n) is 7.40. The lowest BCUT2D eigenvalue weighted by molar-refractivity contribution is -0.152. The number of amides is 3. The van der Waals surface area contributed by atoms with Crippen molar-refractivity contribution in [3.8, 4) is 0 Å². The van der Waals surface area contributed by atoms with Gasteiger partial charge in [-0.25, -0.2) is 5.01 Å². The third-order valence-corrected chi connectivity index (χ3v) is 7.26. The minimum atomic E-state index is -0.841. The largest absolute Gasteiger partial charge is 0.454 e. The molecule has 1 aromatic carbocycles. The fraction of sp³-hybridized carbons (Fsp3) is 0.174. The third kappa shape index (κ3) is 3.98. The van der Waals surface area contributed by atoms with Crippen LogP contribution in [0.3, 0.4) is 0 Å². The second kappa shape index (κ2) is 8.72. The Morgan fingerprint density at radius 3 is 2.30 bits per heavy atom. The summed E-state index contributed by atoms with van der Waals surface area (Å²) in [5.74, 6) is -2.43. The zero-order valence-corrected chi connectivity index (χ0v) is 18.8. The highest BCUT2D eigenvalue weighted by molar-refractivity contribution is 7.12. The molecule has 0 saturated carbocycles. The molecule has 1 unspecified atom stereocenters. The smallest absolute Gasteiger partial charge is 0.326 e. The Labute approximate surface area is 196 Å². The molecule has 2 aliphatic rings. The molecule has 33 heavy (non-hydrogen) atoms. The summed E-state index contributed by atoms with van der Waals surface area (Å²) < 4.78 is 5.13. The van der Waals surface area contributed by atoms with Gasteiger partial charge >= 0.3 is 5.97 Å². The monoisotopic (exact) mass is 479 g/mol. The molecule has 4 heterocycles. The van der Waals surface area contributed by atoms with Gasteiger partial charge in [-0.05, 0) is 35.0 Å². The number of esters is 1. The summed E-state index contributed by atoms with van der Waals surface area (Å²) >= 11 is 3.07. The van der Waals surface area contributed by atoms with Gasteiger partial charge in [-0.1, -0.05) is 24.3 Å². The van der Waals surface area contributed by atoms with E-state index >= 15 is 0 Å². The van der Waals surface area contributed by atoms with Gasteiger partial charge < -0.3 is 4.74 Å². The first-order valence-electron chi connectivity index (χ1n) is 10.1. The topological polar surface area (TPSA) is 96.3 Å². The normalized spacial score (nSPS) is 17.3. The Morgan fingerprint density at radius 2 is 1.67 bits per heavy atom. The van der Waals surface area contributed by atoms with E-state index < -0.39 is 36.8 Å². The van der Waals surface area contributed by atoms with Crippen LogP contribution in [-0.2, 0) is 14.3 Å². The van der Waals surface area contributed by atoms with Crippen molar-refractivity contribution in [3.05, 3.63) is 80.2 Å². The average Bonchev–Trinajstić information content (AvgIpc) is 3.62. The van der Waals surface area contributed by atoms with Gasteiger partial charge in [0.25, 0.3) is 17.7 Å². The van der Waals surface area contributed by atoms with Crippen LogP contribution in [-0.4, -0.2) is 52.5 Å². The zero-order valence-electron chi connectivity index (χ0n) is 17.2. The van der Waals surface area contributed by atoms with Crippen molar-refractivity contribution in [2.75, 3.05) is 13.2 Å². The number of nitrogens with zero attached hydrogens (tertiary/aromatic N) is 3. The number of hydrogen-bond acceptors (Lipinski definition) is 8. The standard InChI is InChI=1S/C23H17N3O5S2/c27-20(13-31-21(28)12-25-22(29)14-5-1-2-6-15(14)23(25)30)26-17(19-8-4-10-33-19)11-16(24-26)18-7-3-9-32-18/h1-10,17H,11-13H2. The maximum atomic E-state index is 12.9. The molecule has 166 valence electrons. The Balaban J connectivity index is 1.25. The van der Waals surface area contributed by atoms with Gasteiger partial charge in [0.05, 0.1) is 27.8 Å². The molecule has 0 radical (unpaired) electrons. The molecular formula is C23H17N3O5S2. The van der Waals surface area contributed by atoms with E-state index in [9.17, 15) is 19.2 Å². The van der Waals surface area contributed by atoms with Crippen LogP contribution in [0.4, 0.5) is 0 Å². The van der Waals surface area contributed by atoms with Crippen molar-refractivity contribution in [2.45, 2.75) is 12.5 Å². The van der Waals surface area contributed by atoms with Crippen LogP contribution in [0.15, 0.2) is 64.4 Å². The quantitative estimate of drug-likeness (QED) is 0.399. The molecule has 5 rings (SSSR count). The lowest BCUT2D eigenvalue weighted by Crippen LogP contribution is -2.37. The summed E-state index contributed by atoms with van der Waals surface area (Å²) in [6, 6.07) is 13.8. The van der Waals surface area contributed by atoms with Crippen LogP contribution in [0.2, 0.25) is 0 Å². The van der Waals surface area contributed by atoms with Crippen molar-refractivity contribution < 1.29 is 23.9 Å². The molecule has 0 fully saturated rings. The summed E-state index contributed by atoms with van der Waals surface area (Å²) in [5, 5.41) is 9.75. The summed E-state index contributed by atoms with van der Waals surface area (Å²) in [6.45, 7) is -1.09. The first-order chi connectivity index (χ1) is 16.0. The summed E-state index contributed by atoms with van der Waals surface area (Å²) in [6.07, 6.45) is 0.565. The van der Waals surface area contributed by atoms with Crippen LogP contribution >= 0.6 is 22.7 Å². The van der Waals surface area contributed by atoms with Gasteiger partial charge in [0.15, 0.2) is 6.61 Å². The van der Waals surface area contributed by atoms with Crippen molar-refractivity contribution in [1.82, 2.24) is 9.91 Å². The highest BCUT2D eigenvalue weighted by Gasteiger charge is 2.37. The fourth-order valence-corrected chi connectivity index (χ4v) is 5.33. The maximum absolute atomic E-state index is 12.9. The van der Waals surface area contributed by atoms with E-state index in [1.54, 1.807) is 23.5 Å². The van der Waals surface area contributed by atoms with E-state index in [-0.39, 0.29) is 17.2 Å².